The highest BCUT2D eigenvalue weighted by molar-refractivity contribution is 7.91. The van der Waals surface area contributed by atoms with Crippen molar-refractivity contribution in [2.45, 2.75) is 18.2 Å². The molecule has 1 N–H and O–H groups in total. The number of aliphatic hydroxyl groups excluding tert-OH is 1. The van der Waals surface area contributed by atoms with E-state index in [1.54, 1.807) is 13.0 Å². The van der Waals surface area contributed by atoms with Crippen molar-refractivity contribution >= 4 is 9.84 Å². The van der Waals surface area contributed by atoms with E-state index in [1.807, 2.05) is 0 Å². The molecule has 0 unspecified atom stereocenters. The molecule has 1 aromatic carbocycles. The Morgan fingerprint density at radius 3 is 2.59 bits per heavy atom. The molecule has 1 aliphatic heterocycles. The summed E-state index contributed by atoms with van der Waals surface area (Å²) >= 11 is 0. The highest BCUT2D eigenvalue weighted by Crippen LogP contribution is 2.36. The van der Waals surface area contributed by atoms with Crippen LogP contribution in [-0.2, 0) is 9.84 Å². The number of hydrogen-bond acceptors (Lipinski definition) is 5. The number of benzene rings is 1. The van der Waals surface area contributed by atoms with Gasteiger partial charge in [-0.25, -0.2) is 8.42 Å². The Balaban J connectivity index is 2.39. The zero-order chi connectivity index (χ0) is 12.5. The monoisotopic (exact) mass is 258 g/mol. The van der Waals surface area contributed by atoms with Gasteiger partial charge >= 0.3 is 0 Å². The van der Waals surface area contributed by atoms with Crippen molar-refractivity contribution in [2.75, 3.05) is 19.2 Å². The summed E-state index contributed by atoms with van der Waals surface area (Å²) in [5.74, 6) is 0.964. The maximum absolute atomic E-state index is 12.0. The van der Waals surface area contributed by atoms with Crippen LogP contribution in [0.25, 0.3) is 0 Å². The van der Waals surface area contributed by atoms with Gasteiger partial charge in [-0.3, -0.25) is 0 Å². The van der Waals surface area contributed by atoms with E-state index in [-0.39, 0.29) is 30.5 Å². The summed E-state index contributed by atoms with van der Waals surface area (Å²) in [4.78, 5) is 0.246. The maximum Gasteiger partial charge on any atom is 0.231 e. The predicted octanol–water partition coefficient (Wildman–Crippen LogP) is 0.880. The quantitative estimate of drug-likeness (QED) is 0.868. The minimum atomic E-state index is -3.37. The molecule has 0 aromatic heterocycles. The second kappa shape index (κ2) is 4.54. The minimum absolute atomic E-state index is 0.0655. The molecule has 0 amide bonds. The molecule has 94 valence electrons. The molecule has 2 rings (SSSR count). The van der Waals surface area contributed by atoms with Crippen molar-refractivity contribution in [1.29, 1.82) is 0 Å². The molecule has 1 aromatic rings. The lowest BCUT2D eigenvalue weighted by molar-refractivity contribution is 0.174. The first-order valence-electron chi connectivity index (χ1n) is 5.28. The Morgan fingerprint density at radius 1 is 1.29 bits per heavy atom. The molecule has 0 spiro atoms. The molecule has 6 heteroatoms. The van der Waals surface area contributed by atoms with Gasteiger partial charge in [-0.1, -0.05) is 0 Å². The third-order valence-corrected chi connectivity index (χ3v) is 4.51. The van der Waals surface area contributed by atoms with Crippen molar-refractivity contribution in [3.05, 3.63) is 17.7 Å². The van der Waals surface area contributed by atoms with Crippen LogP contribution < -0.4 is 9.47 Å². The van der Waals surface area contributed by atoms with E-state index < -0.39 is 9.84 Å². The normalized spacial score (nSPS) is 14.0. The van der Waals surface area contributed by atoms with E-state index in [2.05, 4.69) is 0 Å². The molecule has 1 aliphatic rings. The van der Waals surface area contributed by atoms with Crippen LogP contribution in [0.1, 0.15) is 12.0 Å². The molecule has 0 fully saturated rings. The Morgan fingerprint density at radius 2 is 1.94 bits per heavy atom. The minimum Gasteiger partial charge on any atom is -0.454 e. The van der Waals surface area contributed by atoms with Crippen LogP contribution in [0, 0.1) is 6.92 Å². The summed E-state index contributed by atoms with van der Waals surface area (Å²) in [6.07, 6.45) is 0.232. The van der Waals surface area contributed by atoms with Crippen LogP contribution >= 0.6 is 0 Å². The first kappa shape index (κ1) is 12.2. The first-order chi connectivity index (χ1) is 8.04. The second-order valence-electron chi connectivity index (χ2n) is 3.87. The summed E-state index contributed by atoms with van der Waals surface area (Å²) in [7, 11) is -3.37. The molecular weight excluding hydrogens is 244 g/mol. The van der Waals surface area contributed by atoms with Gasteiger partial charge in [0.15, 0.2) is 21.3 Å². The second-order valence-corrected chi connectivity index (χ2v) is 5.94. The van der Waals surface area contributed by atoms with E-state index in [0.29, 0.717) is 17.1 Å². The van der Waals surface area contributed by atoms with E-state index >= 15 is 0 Å². The van der Waals surface area contributed by atoms with Crippen LogP contribution in [0.2, 0.25) is 0 Å². The molecule has 0 bridgehead atoms. The number of aliphatic hydroxyl groups is 1. The van der Waals surface area contributed by atoms with Gasteiger partial charge < -0.3 is 14.6 Å². The van der Waals surface area contributed by atoms with Gasteiger partial charge in [0.2, 0.25) is 6.79 Å². The van der Waals surface area contributed by atoms with Gasteiger partial charge in [-0.15, -0.1) is 0 Å². The highest BCUT2D eigenvalue weighted by atomic mass is 32.2. The fourth-order valence-electron chi connectivity index (χ4n) is 1.72. The number of hydrogen-bond donors (Lipinski definition) is 1. The Hall–Kier alpha value is -1.27. The highest BCUT2D eigenvalue weighted by Gasteiger charge is 2.22. The number of aryl methyl sites for hydroxylation is 1. The topological polar surface area (TPSA) is 72.8 Å². The zero-order valence-electron chi connectivity index (χ0n) is 9.47. The third-order valence-electron chi connectivity index (χ3n) is 2.58. The molecule has 0 radical (unpaired) electrons. The lowest BCUT2D eigenvalue weighted by Gasteiger charge is -2.08. The van der Waals surface area contributed by atoms with Crippen molar-refractivity contribution in [3.8, 4) is 11.5 Å². The SMILES string of the molecule is Cc1cc2c(cc1S(=O)(=O)CCCO)OCO2. The lowest BCUT2D eigenvalue weighted by atomic mass is 10.2. The molecule has 0 saturated heterocycles. The van der Waals surface area contributed by atoms with Gasteiger partial charge in [-0.2, -0.15) is 0 Å². The van der Waals surface area contributed by atoms with E-state index in [1.165, 1.54) is 6.07 Å². The van der Waals surface area contributed by atoms with Crippen LogP contribution in [0.15, 0.2) is 17.0 Å². The van der Waals surface area contributed by atoms with Gasteiger partial charge in [0, 0.05) is 12.7 Å². The van der Waals surface area contributed by atoms with Crippen molar-refractivity contribution in [3.63, 3.8) is 0 Å². The first-order valence-corrected chi connectivity index (χ1v) is 6.93. The summed E-state index contributed by atoms with van der Waals surface area (Å²) < 4.78 is 34.3. The fraction of sp³-hybridized carbons (Fsp3) is 0.455. The Labute approximate surface area is 99.9 Å². The van der Waals surface area contributed by atoms with Gasteiger partial charge in [-0.05, 0) is 25.0 Å². The van der Waals surface area contributed by atoms with Crippen LogP contribution in [0.5, 0.6) is 11.5 Å². The molecule has 17 heavy (non-hydrogen) atoms. The maximum atomic E-state index is 12.0. The average Bonchev–Trinajstić information content (AvgIpc) is 2.72. The van der Waals surface area contributed by atoms with Crippen molar-refractivity contribution < 1.29 is 23.0 Å². The fourth-order valence-corrected chi connectivity index (χ4v) is 3.29. The van der Waals surface area contributed by atoms with Crippen molar-refractivity contribution in [1.82, 2.24) is 0 Å². The standard InChI is InChI=1S/C11H14O5S/c1-8-5-9-10(16-7-15-9)6-11(8)17(13,14)4-2-3-12/h5-6,12H,2-4,7H2,1H3. The molecular formula is C11H14O5S. The van der Waals surface area contributed by atoms with Gasteiger partial charge in [0.25, 0.3) is 0 Å². The summed E-state index contributed by atoms with van der Waals surface area (Å²) in [5.41, 5.74) is 0.632. The van der Waals surface area contributed by atoms with Crippen LogP contribution in [0.3, 0.4) is 0 Å². The summed E-state index contributed by atoms with van der Waals surface area (Å²) in [6.45, 7) is 1.70. The average molecular weight is 258 g/mol. The molecule has 0 atom stereocenters. The molecule has 1 heterocycles. The smallest absolute Gasteiger partial charge is 0.231 e. The third kappa shape index (κ3) is 2.37. The number of rotatable bonds is 4. The largest absolute Gasteiger partial charge is 0.454 e. The molecule has 0 saturated carbocycles. The summed E-state index contributed by atoms with van der Waals surface area (Å²) in [6, 6.07) is 3.15. The predicted molar refractivity (Wildman–Crippen MR) is 61.1 cm³/mol. The number of sulfone groups is 1. The zero-order valence-corrected chi connectivity index (χ0v) is 10.3. The van der Waals surface area contributed by atoms with Crippen molar-refractivity contribution in [2.24, 2.45) is 0 Å². The van der Waals surface area contributed by atoms with Gasteiger partial charge in [0.1, 0.15) is 0 Å². The summed E-state index contributed by atoms with van der Waals surface area (Å²) in [5, 5.41) is 8.69. The Kier molecular flexibility index (Phi) is 3.26. The van der Waals surface area contributed by atoms with E-state index in [4.69, 9.17) is 14.6 Å². The molecule has 0 aliphatic carbocycles. The van der Waals surface area contributed by atoms with Crippen LogP contribution in [0.4, 0.5) is 0 Å². The van der Waals surface area contributed by atoms with E-state index in [9.17, 15) is 8.42 Å². The van der Waals surface area contributed by atoms with E-state index in [0.717, 1.165) is 0 Å². The molecule has 5 nitrogen and oxygen atoms in total. The lowest BCUT2D eigenvalue weighted by Crippen LogP contribution is -2.09. The van der Waals surface area contributed by atoms with Crippen LogP contribution in [-0.4, -0.2) is 32.7 Å². The van der Waals surface area contributed by atoms with Gasteiger partial charge in [0.05, 0.1) is 10.6 Å². The Bertz CT molecular complexity index is 521. The number of ether oxygens (including phenoxy) is 2. The number of fused-ring (bicyclic) bond motifs is 1.